The van der Waals surface area contributed by atoms with E-state index in [1.807, 2.05) is 27.7 Å². The Kier molecular flexibility index (Phi) is 7.59. The molecule has 0 aliphatic carbocycles. The Balaban J connectivity index is 2.23. The summed E-state index contributed by atoms with van der Waals surface area (Å²) in [7, 11) is 1.40. The lowest BCUT2D eigenvalue weighted by Crippen LogP contribution is -2.57. The molecule has 10 heteroatoms. The summed E-state index contributed by atoms with van der Waals surface area (Å²) in [6.07, 6.45) is -1.70. The van der Waals surface area contributed by atoms with Crippen molar-refractivity contribution in [3.63, 3.8) is 0 Å². The maximum Gasteiger partial charge on any atom is 0.413 e. The molecule has 2 heterocycles. The number of nitrogens with one attached hydrogen (secondary N) is 1. The summed E-state index contributed by atoms with van der Waals surface area (Å²) in [5.41, 5.74) is 5.01. The number of hydrogen-bond donors (Lipinski definition) is 2. The molecular weight excluding hydrogens is 410 g/mol. The topological polar surface area (TPSA) is 128 Å². The van der Waals surface area contributed by atoms with Gasteiger partial charge in [0, 0.05) is 12.4 Å². The van der Waals surface area contributed by atoms with Crippen LogP contribution in [0.15, 0.2) is 16.8 Å². The standard InChI is InChI=1S/C20H29N3O6S/c1-11(2)20(3,4)8-13(22-19(27)29-12-6-7-30-10-12)18(26)23(5)15-14(24)9-28-16(15)17(21)25/h6-7,10-11,13,15-16H,8-9H2,1-5H3,(H2,21,25)(H,22,27)/t13-,15?,16?/m0/s1. The molecule has 1 aromatic heterocycles. The van der Waals surface area contributed by atoms with Gasteiger partial charge in [-0.1, -0.05) is 27.7 Å². The van der Waals surface area contributed by atoms with Gasteiger partial charge in [-0.25, -0.2) is 4.79 Å². The van der Waals surface area contributed by atoms with E-state index < -0.39 is 41.9 Å². The molecule has 1 aliphatic rings. The van der Waals surface area contributed by atoms with Crippen molar-refractivity contribution in [3.8, 4) is 5.75 Å². The van der Waals surface area contributed by atoms with Gasteiger partial charge in [-0.05, 0) is 29.2 Å². The second kappa shape index (κ2) is 9.57. The second-order valence-corrected chi connectivity index (χ2v) is 9.17. The van der Waals surface area contributed by atoms with Gasteiger partial charge >= 0.3 is 6.09 Å². The predicted molar refractivity (Wildman–Crippen MR) is 111 cm³/mol. The van der Waals surface area contributed by atoms with Crippen molar-refractivity contribution < 1.29 is 28.7 Å². The van der Waals surface area contributed by atoms with Crippen molar-refractivity contribution in [2.24, 2.45) is 17.1 Å². The van der Waals surface area contributed by atoms with Crippen LogP contribution in [0.1, 0.15) is 34.1 Å². The van der Waals surface area contributed by atoms with Gasteiger partial charge in [0.1, 0.15) is 24.4 Å². The van der Waals surface area contributed by atoms with Gasteiger partial charge in [0.15, 0.2) is 11.9 Å². The second-order valence-electron chi connectivity index (χ2n) is 8.39. The third-order valence-electron chi connectivity index (χ3n) is 5.66. The first-order valence-electron chi connectivity index (χ1n) is 9.65. The first kappa shape index (κ1) is 23.8. The predicted octanol–water partition coefficient (Wildman–Crippen LogP) is 1.56. The number of ketones is 1. The molecule has 166 valence electrons. The van der Waals surface area contributed by atoms with E-state index in [4.69, 9.17) is 15.2 Å². The average molecular weight is 440 g/mol. The lowest BCUT2D eigenvalue weighted by Gasteiger charge is -2.35. The molecular formula is C20H29N3O6S. The molecule has 3 N–H and O–H groups in total. The maximum atomic E-state index is 13.3. The number of ether oxygens (including phenoxy) is 2. The van der Waals surface area contributed by atoms with Gasteiger partial charge in [-0.15, -0.1) is 11.3 Å². The number of primary amides is 1. The van der Waals surface area contributed by atoms with Crippen LogP contribution in [0.2, 0.25) is 0 Å². The minimum absolute atomic E-state index is 0.211. The highest BCUT2D eigenvalue weighted by Crippen LogP contribution is 2.32. The molecule has 1 fully saturated rings. The summed E-state index contributed by atoms with van der Waals surface area (Å²) in [5, 5.41) is 6.03. The van der Waals surface area contributed by atoms with E-state index in [1.54, 1.807) is 16.8 Å². The summed E-state index contributed by atoms with van der Waals surface area (Å²) >= 11 is 1.37. The number of likely N-dealkylation sites (N-methyl/N-ethyl adjacent to an activating group) is 1. The van der Waals surface area contributed by atoms with Crippen LogP contribution >= 0.6 is 11.3 Å². The van der Waals surface area contributed by atoms with Crippen LogP contribution in [0.3, 0.4) is 0 Å². The molecule has 3 atom stereocenters. The Labute approximate surface area is 179 Å². The number of carbonyl (C=O) groups excluding carboxylic acids is 4. The molecule has 3 amide bonds. The van der Waals surface area contributed by atoms with Gasteiger partial charge in [0.2, 0.25) is 11.8 Å². The van der Waals surface area contributed by atoms with E-state index in [9.17, 15) is 19.2 Å². The minimum Gasteiger partial charge on any atom is -0.409 e. The molecule has 2 rings (SSSR count). The molecule has 1 saturated heterocycles. The Morgan fingerprint density at radius 3 is 2.60 bits per heavy atom. The zero-order valence-corrected chi connectivity index (χ0v) is 18.7. The molecule has 0 radical (unpaired) electrons. The van der Waals surface area contributed by atoms with Crippen molar-refractivity contribution >= 4 is 35.0 Å². The van der Waals surface area contributed by atoms with Crippen molar-refractivity contribution in [1.82, 2.24) is 10.2 Å². The van der Waals surface area contributed by atoms with Crippen LogP contribution in [0.4, 0.5) is 4.79 Å². The van der Waals surface area contributed by atoms with Gasteiger partial charge in [-0.3, -0.25) is 14.4 Å². The SMILES string of the molecule is CC(C)C(C)(C)C[C@H](NC(=O)Oc1ccsc1)C(=O)N(C)C1C(=O)COC1C(N)=O. The number of Topliss-reactive ketones (excluding diaryl/α,β-unsaturated/α-hetero) is 1. The zero-order chi connectivity index (χ0) is 22.6. The van der Waals surface area contributed by atoms with Crippen molar-refractivity contribution in [3.05, 3.63) is 16.8 Å². The van der Waals surface area contributed by atoms with Crippen LogP contribution < -0.4 is 15.8 Å². The number of carbonyl (C=O) groups is 4. The molecule has 0 bridgehead atoms. The highest BCUT2D eigenvalue weighted by Gasteiger charge is 2.45. The fraction of sp³-hybridized carbons (Fsp3) is 0.600. The Morgan fingerprint density at radius 2 is 2.07 bits per heavy atom. The highest BCUT2D eigenvalue weighted by molar-refractivity contribution is 7.08. The van der Waals surface area contributed by atoms with Gasteiger partial charge in [0.05, 0.1) is 0 Å². The third-order valence-corrected chi connectivity index (χ3v) is 6.32. The van der Waals surface area contributed by atoms with E-state index in [0.717, 1.165) is 4.90 Å². The van der Waals surface area contributed by atoms with E-state index in [-0.39, 0.29) is 17.9 Å². The largest absolute Gasteiger partial charge is 0.413 e. The average Bonchev–Trinajstić information content (AvgIpc) is 3.29. The highest BCUT2D eigenvalue weighted by atomic mass is 32.1. The summed E-state index contributed by atoms with van der Waals surface area (Å²) < 4.78 is 10.4. The molecule has 1 aromatic rings. The minimum atomic E-state index is -1.22. The number of thiophene rings is 1. The summed E-state index contributed by atoms with van der Waals surface area (Å²) in [6.45, 7) is 7.71. The number of nitrogens with two attached hydrogens (primary N) is 1. The van der Waals surface area contributed by atoms with Crippen LogP contribution in [0.25, 0.3) is 0 Å². The maximum absolute atomic E-state index is 13.3. The summed E-state index contributed by atoms with van der Waals surface area (Å²) in [6, 6.07) is -0.466. The number of rotatable bonds is 8. The Hall–Kier alpha value is -2.46. The first-order chi connectivity index (χ1) is 13.9. The quantitative estimate of drug-likeness (QED) is 0.633. The number of amides is 3. The van der Waals surface area contributed by atoms with E-state index in [0.29, 0.717) is 12.2 Å². The van der Waals surface area contributed by atoms with E-state index >= 15 is 0 Å². The Morgan fingerprint density at radius 1 is 1.40 bits per heavy atom. The van der Waals surface area contributed by atoms with E-state index in [2.05, 4.69) is 5.32 Å². The molecule has 30 heavy (non-hydrogen) atoms. The Bertz CT molecular complexity index is 792. The fourth-order valence-corrected chi connectivity index (χ4v) is 3.66. The van der Waals surface area contributed by atoms with Crippen molar-refractivity contribution in [2.75, 3.05) is 13.7 Å². The molecule has 0 saturated carbocycles. The number of nitrogens with zero attached hydrogens (tertiary/aromatic N) is 1. The summed E-state index contributed by atoms with van der Waals surface area (Å²) in [5.74, 6) is -1.19. The molecule has 0 spiro atoms. The molecule has 1 aliphatic heterocycles. The first-order valence-corrected chi connectivity index (χ1v) is 10.6. The van der Waals surface area contributed by atoms with Crippen molar-refractivity contribution in [2.45, 2.75) is 52.3 Å². The third kappa shape index (κ3) is 5.57. The molecule has 9 nitrogen and oxygen atoms in total. The van der Waals surface area contributed by atoms with Crippen LogP contribution in [-0.4, -0.2) is 60.4 Å². The van der Waals surface area contributed by atoms with Gasteiger partial charge in [0.25, 0.3) is 0 Å². The smallest absolute Gasteiger partial charge is 0.409 e. The van der Waals surface area contributed by atoms with Crippen molar-refractivity contribution in [1.29, 1.82) is 0 Å². The zero-order valence-electron chi connectivity index (χ0n) is 17.8. The lowest BCUT2D eigenvalue weighted by atomic mass is 9.76. The molecule has 2 unspecified atom stereocenters. The van der Waals surface area contributed by atoms with Crippen LogP contribution in [0, 0.1) is 11.3 Å². The monoisotopic (exact) mass is 439 g/mol. The van der Waals surface area contributed by atoms with Crippen LogP contribution in [-0.2, 0) is 19.1 Å². The summed E-state index contributed by atoms with van der Waals surface area (Å²) in [4.78, 5) is 50.7. The van der Waals surface area contributed by atoms with Gasteiger partial charge < -0.3 is 25.4 Å². The normalized spacial score (nSPS) is 20.1. The fourth-order valence-electron chi connectivity index (χ4n) is 3.11. The van der Waals surface area contributed by atoms with Crippen LogP contribution in [0.5, 0.6) is 5.75 Å². The number of hydrogen-bond acceptors (Lipinski definition) is 7. The molecule has 0 aromatic carbocycles. The lowest BCUT2D eigenvalue weighted by molar-refractivity contribution is -0.141. The van der Waals surface area contributed by atoms with Gasteiger partial charge in [-0.2, -0.15) is 0 Å². The van der Waals surface area contributed by atoms with E-state index in [1.165, 1.54) is 18.4 Å².